The van der Waals surface area contributed by atoms with Gasteiger partial charge in [0.25, 0.3) is 0 Å². The van der Waals surface area contributed by atoms with Gasteiger partial charge < -0.3 is 4.90 Å². The quantitative estimate of drug-likeness (QED) is 0.704. The molecular weight excluding hydrogens is 198 g/mol. The lowest BCUT2D eigenvalue weighted by Gasteiger charge is -2.30. The number of carbonyl (C=O) groups excluding carboxylic acids is 1. The summed E-state index contributed by atoms with van der Waals surface area (Å²) in [6.07, 6.45) is 4.64. The smallest absolute Gasteiger partial charge is 0.225 e. The highest BCUT2D eigenvalue weighted by molar-refractivity contribution is 5.78. The van der Waals surface area contributed by atoms with Gasteiger partial charge >= 0.3 is 0 Å². The van der Waals surface area contributed by atoms with Gasteiger partial charge in [-0.25, -0.2) is 0 Å². The molecule has 0 aromatic carbocycles. The van der Waals surface area contributed by atoms with Gasteiger partial charge in [0.1, 0.15) is 0 Å². The molecule has 2 nitrogen and oxygen atoms in total. The van der Waals surface area contributed by atoms with Crippen LogP contribution >= 0.6 is 0 Å². The predicted octanol–water partition coefficient (Wildman–Crippen LogP) is 3.71. The molecule has 0 aliphatic heterocycles. The minimum absolute atomic E-state index is 0.304. The van der Waals surface area contributed by atoms with Crippen molar-refractivity contribution >= 4 is 5.91 Å². The zero-order chi connectivity index (χ0) is 12.7. The largest absolute Gasteiger partial charge is 0.343 e. The summed E-state index contributed by atoms with van der Waals surface area (Å²) < 4.78 is 0. The van der Waals surface area contributed by atoms with Gasteiger partial charge in [0.2, 0.25) is 5.91 Å². The average Bonchev–Trinajstić information content (AvgIpc) is 2.30. The number of amides is 1. The molecule has 0 bridgehead atoms. The summed E-state index contributed by atoms with van der Waals surface area (Å²) in [7, 11) is 1.92. The van der Waals surface area contributed by atoms with Crippen molar-refractivity contribution in [2.75, 3.05) is 7.05 Å². The van der Waals surface area contributed by atoms with Crippen molar-refractivity contribution < 1.29 is 4.79 Å². The first-order chi connectivity index (χ1) is 7.52. The molecule has 1 aliphatic carbocycles. The zero-order valence-electron chi connectivity index (χ0n) is 11.9. The van der Waals surface area contributed by atoms with Crippen molar-refractivity contribution in [1.82, 2.24) is 4.90 Å². The molecular formula is C14H29NO. The van der Waals surface area contributed by atoms with Gasteiger partial charge in [-0.3, -0.25) is 4.79 Å². The number of hydrogen-bond acceptors (Lipinski definition) is 1. The molecule has 1 fully saturated rings. The summed E-state index contributed by atoms with van der Waals surface area (Å²) in [6.45, 7) is 10.4. The molecule has 0 spiro atoms. The third kappa shape index (κ3) is 4.54. The van der Waals surface area contributed by atoms with Crippen LogP contribution in [-0.2, 0) is 4.79 Å². The van der Waals surface area contributed by atoms with E-state index in [0.717, 1.165) is 18.8 Å². The molecule has 1 rings (SSSR count). The van der Waals surface area contributed by atoms with Gasteiger partial charge in [-0.15, -0.1) is 0 Å². The first kappa shape index (κ1) is 15.5. The first-order valence-electron chi connectivity index (χ1n) is 6.79. The standard InChI is InChI=1S/C12H23NO.C2H6/c1-9(2)13(4)12(14)11-7-5-10(3)6-8-11;1-2/h9-11H,5-8H2,1-4H3;1-2H3. The van der Waals surface area contributed by atoms with Gasteiger partial charge in [-0.05, 0) is 45.4 Å². The molecule has 16 heavy (non-hydrogen) atoms. The van der Waals surface area contributed by atoms with Crippen molar-refractivity contribution in [2.24, 2.45) is 11.8 Å². The van der Waals surface area contributed by atoms with E-state index in [9.17, 15) is 4.79 Å². The maximum atomic E-state index is 12.0. The summed E-state index contributed by atoms with van der Waals surface area (Å²) in [5.41, 5.74) is 0. The molecule has 0 N–H and O–H groups in total. The lowest BCUT2D eigenvalue weighted by atomic mass is 9.82. The van der Waals surface area contributed by atoms with E-state index in [-0.39, 0.29) is 0 Å². The fraction of sp³-hybridized carbons (Fsp3) is 0.929. The van der Waals surface area contributed by atoms with E-state index in [1.54, 1.807) is 0 Å². The Morgan fingerprint density at radius 1 is 1.12 bits per heavy atom. The first-order valence-corrected chi connectivity index (χ1v) is 6.79. The van der Waals surface area contributed by atoms with Crippen LogP contribution < -0.4 is 0 Å². The SMILES string of the molecule is CC.CC1CCC(C(=O)N(C)C(C)C)CC1. The second-order valence-electron chi connectivity index (χ2n) is 5.00. The summed E-state index contributed by atoms with van der Waals surface area (Å²) >= 11 is 0. The third-order valence-corrected chi connectivity index (χ3v) is 3.49. The molecule has 0 saturated heterocycles. The topological polar surface area (TPSA) is 20.3 Å². The van der Waals surface area contributed by atoms with E-state index in [1.165, 1.54) is 12.8 Å². The minimum atomic E-state index is 0.304. The average molecular weight is 227 g/mol. The monoisotopic (exact) mass is 227 g/mol. The fourth-order valence-electron chi connectivity index (χ4n) is 2.05. The summed E-state index contributed by atoms with van der Waals surface area (Å²) in [5.74, 6) is 1.48. The van der Waals surface area contributed by atoms with E-state index >= 15 is 0 Å². The highest BCUT2D eigenvalue weighted by atomic mass is 16.2. The van der Waals surface area contributed by atoms with E-state index in [4.69, 9.17) is 0 Å². The highest BCUT2D eigenvalue weighted by Gasteiger charge is 2.27. The van der Waals surface area contributed by atoms with E-state index in [2.05, 4.69) is 20.8 Å². The van der Waals surface area contributed by atoms with Gasteiger partial charge in [-0.2, -0.15) is 0 Å². The van der Waals surface area contributed by atoms with Gasteiger partial charge in [0.05, 0.1) is 0 Å². The van der Waals surface area contributed by atoms with E-state index < -0.39 is 0 Å². The molecule has 0 atom stereocenters. The summed E-state index contributed by atoms with van der Waals surface area (Å²) in [4.78, 5) is 13.9. The molecule has 0 aromatic heterocycles. The molecule has 1 saturated carbocycles. The van der Waals surface area contributed by atoms with Gasteiger partial charge in [-0.1, -0.05) is 20.8 Å². The molecule has 0 radical (unpaired) electrons. The Balaban J connectivity index is 0.00000106. The second kappa shape index (κ2) is 7.70. The van der Waals surface area contributed by atoms with Gasteiger partial charge in [0, 0.05) is 19.0 Å². The minimum Gasteiger partial charge on any atom is -0.343 e. The maximum absolute atomic E-state index is 12.0. The van der Waals surface area contributed by atoms with Crippen LogP contribution in [0.4, 0.5) is 0 Å². The van der Waals surface area contributed by atoms with E-state index in [0.29, 0.717) is 17.9 Å². The van der Waals surface area contributed by atoms with Crippen molar-refractivity contribution in [1.29, 1.82) is 0 Å². The van der Waals surface area contributed by atoms with Crippen LogP contribution in [0.1, 0.15) is 60.3 Å². The highest BCUT2D eigenvalue weighted by Crippen LogP contribution is 2.29. The lowest BCUT2D eigenvalue weighted by molar-refractivity contribution is -0.137. The molecule has 0 heterocycles. The number of rotatable bonds is 2. The van der Waals surface area contributed by atoms with Crippen LogP contribution in [0, 0.1) is 11.8 Å². The Kier molecular flexibility index (Phi) is 7.44. The van der Waals surface area contributed by atoms with Crippen molar-refractivity contribution in [3.05, 3.63) is 0 Å². The lowest BCUT2D eigenvalue weighted by Crippen LogP contribution is -2.38. The zero-order valence-corrected chi connectivity index (χ0v) is 11.9. The Morgan fingerprint density at radius 2 is 1.56 bits per heavy atom. The molecule has 0 aromatic rings. The molecule has 1 amide bonds. The fourth-order valence-corrected chi connectivity index (χ4v) is 2.05. The Hall–Kier alpha value is -0.530. The van der Waals surface area contributed by atoms with Crippen LogP contribution in [-0.4, -0.2) is 23.9 Å². The molecule has 2 heteroatoms. The second-order valence-corrected chi connectivity index (χ2v) is 5.00. The van der Waals surface area contributed by atoms with E-state index in [1.807, 2.05) is 25.8 Å². The van der Waals surface area contributed by atoms with Crippen LogP contribution in [0.5, 0.6) is 0 Å². The third-order valence-electron chi connectivity index (χ3n) is 3.49. The molecule has 96 valence electrons. The molecule has 1 aliphatic rings. The Morgan fingerprint density at radius 3 is 1.94 bits per heavy atom. The number of nitrogens with zero attached hydrogens (tertiary/aromatic N) is 1. The number of carbonyl (C=O) groups is 1. The molecule has 0 unspecified atom stereocenters. The van der Waals surface area contributed by atoms with Gasteiger partial charge in [0.15, 0.2) is 0 Å². The van der Waals surface area contributed by atoms with Crippen molar-refractivity contribution in [2.45, 2.75) is 66.3 Å². The van der Waals surface area contributed by atoms with Crippen LogP contribution in [0.25, 0.3) is 0 Å². The van der Waals surface area contributed by atoms with Crippen molar-refractivity contribution in [3.63, 3.8) is 0 Å². The summed E-state index contributed by atoms with van der Waals surface area (Å²) in [6, 6.07) is 0.335. The Bertz CT molecular complexity index is 193. The summed E-state index contributed by atoms with van der Waals surface area (Å²) in [5, 5.41) is 0. The number of hydrogen-bond donors (Lipinski definition) is 0. The van der Waals surface area contributed by atoms with Crippen LogP contribution in [0.15, 0.2) is 0 Å². The maximum Gasteiger partial charge on any atom is 0.225 e. The normalized spacial score (nSPS) is 24.7. The predicted molar refractivity (Wildman–Crippen MR) is 70.4 cm³/mol. The Labute approximate surface area is 101 Å². The van der Waals surface area contributed by atoms with Crippen molar-refractivity contribution in [3.8, 4) is 0 Å². The van der Waals surface area contributed by atoms with Crippen LogP contribution in [0.2, 0.25) is 0 Å². The van der Waals surface area contributed by atoms with Crippen LogP contribution in [0.3, 0.4) is 0 Å².